The highest BCUT2D eigenvalue weighted by atomic mass is 79.9. The summed E-state index contributed by atoms with van der Waals surface area (Å²) in [5.74, 6) is 0. The summed E-state index contributed by atoms with van der Waals surface area (Å²) in [6.45, 7) is 9.18. The fourth-order valence-corrected chi connectivity index (χ4v) is 3.00. The van der Waals surface area contributed by atoms with E-state index in [9.17, 15) is 0 Å². The molecule has 0 saturated carbocycles. The summed E-state index contributed by atoms with van der Waals surface area (Å²) in [6.07, 6.45) is 3.85. The van der Waals surface area contributed by atoms with E-state index in [4.69, 9.17) is 0 Å². The molecule has 1 aliphatic heterocycles. The van der Waals surface area contributed by atoms with Crippen LogP contribution in [0, 0.1) is 6.92 Å². The lowest BCUT2D eigenvalue weighted by molar-refractivity contribution is 0.197. The van der Waals surface area contributed by atoms with Crippen LogP contribution in [0.5, 0.6) is 0 Å². The zero-order valence-corrected chi connectivity index (χ0v) is 13.7. The van der Waals surface area contributed by atoms with Crippen LogP contribution >= 0.6 is 15.9 Å². The molecule has 2 nitrogen and oxygen atoms in total. The quantitative estimate of drug-likeness (QED) is 0.888. The molecule has 0 unspecified atom stereocenters. The predicted octanol–water partition coefficient (Wildman–Crippen LogP) is 3.72. The van der Waals surface area contributed by atoms with E-state index in [2.05, 4.69) is 58.2 Å². The molecule has 106 valence electrons. The molecule has 1 N–H and O–H groups in total. The van der Waals surface area contributed by atoms with Gasteiger partial charge < -0.3 is 10.2 Å². The van der Waals surface area contributed by atoms with Gasteiger partial charge in [-0.15, -0.1) is 0 Å². The third-order valence-electron chi connectivity index (χ3n) is 3.94. The summed E-state index contributed by atoms with van der Waals surface area (Å²) < 4.78 is 1.20. The zero-order chi connectivity index (χ0) is 13.7. The molecular weight excluding hydrogens is 300 g/mol. The Hall–Kier alpha value is -0.380. The van der Waals surface area contributed by atoms with Gasteiger partial charge >= 0.3 is 0 Å². The monoisotopic (exact) mass is 324 g/mol. The fraction of sp³-hybridized carbons (Fsp3) is 0.625. The largest absolute Gasteiger partial charge is 0.310 e. The predicted molar refractivity (Wildman–Crippen MR) is 85.5 cm³/mol. The number of rotatable bonds is 5. The fourth-order valence-electron chi connectivity index (χ4n) is 2.76. The number of nitrogens with zero attached hydrogens (tertiary/aromatic N) is 1. The molecule has 19 heavy (non-hydrogen) atoms. The third kappa shape index (κ3) is 4.59. The van der Waals surface area contributed by atoms with E-state index in [0.717, 1.165) is 6.54 Å². The van der Waals surface area contributed by atoms with E-state index in [1.54, 1.807) is 0 Å². The molecule has 0 aromatic heterocycles. The van der Waals surface area contributed by atoms with Gasteiger partial charge in [0.15, 0.2) is 0 Å². The van der Waals surface area contributed by atoms with Crippen molar-refractivity contribution in [1.82, 2.24) is 10.2 Å². The Bertz CT molecular complexity index is 398. The minimum Gasteiger partial charge on any atom is -0.310 e. The minimum atomic E-state index is 0.692. The topological polar surface area (TPSA) is 15.3 Å². The lowest BCUT2D eigenvalue weighted by atomic mass is 10.0. The Morgan fingerprint density at radius 3 is 2.68 bits per heavy atom. The molecule has 1 aromatic carbocycles. The molecule has 0 spiro atoms. The molecule has 0 aliphatic carbocycles. The Balaban J connectivity index is 1.75. The SMILES string of the molecule is CCCN1CCC(NCc2ccc(Br)c(C)c2)CC1. The summed E-state index contributed by atoms with van der Waals surface area (Å²) in [5.41, 5.74) is 2.70. The normalized spacial score (nSPS) is 17.8. The number of benzene rings is 1. The zero-order valence-electron chi connectivity index (χ0n) is 12.1. The molecular formula is C16H25BrN2. The first-order valence-electron chi connectivity index (χ1n) is 7.40. The summed E-state index contributed by atoms with van der Waals surface area (Å²) in [4.78, 5) is 2.59. The Kier molecular flexibility index (Phi) is 5.86. The average molecular weight is 325 g/mol. The van der Waals surface area contributed by atoms with E-state index >= 15 is 0 Å². The van der Waals surface area contributed by atoms with E-state index in [-0.39, 0.29) is 0 Å². The lowest BCUT2D eigenvalue weighted by Gasteiger charge is -2.32. The van der Waals surface area contributed by atoms with Crippen LogP contribution in [0.25, 0.3) is 0 Å². The molecule has 1 heterocycles. The van der Waals surface area contributed by atoms with E-state index in [1.807, 2.05) is 0 Å². The Labute approximate surface area is 125 Å². The molecule has 2 rings (SSSR count). The Morgan fingerprint density at radius 2 is 2.05 bits per heavy atom. The van der Waals surface area contributed by atoms with Crippen molar-refractivity contribution < 1.29 is 0 Å². The smallest absolute Gasteiger partial charge is 0.0208 e. The second-order valence-corrected chi connectivity index (χ2v) is 6.43. The third-order valence-corrected chi connectivity index (χ3v) is 4.83. The molecule has 1 aromatic rings. The number of piperidine rings is 1. The number of hydrogen-bond donors (Lipinski definition) is 1. The maximum absolute atomic E-state index is 3.71. The number of hydrogen-bond acceptors (Lipinski definition) is 2. The van der Waals surface area contributed by atoms with Crippen LogP contribution in [0.2, 0.25) is 0 Å². The molecule has 0 bridgehead atoms. The molecule has 0 atom stereocenters. The molecule has 0 amide bonds. The number of halogens is 1. The van der Waals surface area contributed by atoms with Gasteiger partial charge in [0, 0.05) is 17.1 Å². The molecule has 1 fully saturated rings. The van der Waals surface area contributed by atoms with Crippen LogP contribution in [0.4, 0.5) is 0 Å². The van der Waals surface area contributed by atoms with Gasteiger partial charge in [-0.2, -0.15) is 0 Å². The van der Waals surface area contributed by atoms with Gasteiger partial charge in [0.1, 0.15) is 0 Å². The van der Waals surface area contributed by atoms with Crippen molar-refractivity contribution in [3.63, 3.8) is 0 Å². The van der Waals surface area contributed by atoms with Crippen molar-refractivity contribution in [2.24, 2.45) is 0 Å². The molecule has 1 aliphatic rings. The van der Waals surface area contributed by atoms with E-state index < -0.39 is 0 Å². The second kappa shape index (κ2) is 7.41. The minimum absolute atomic E-state index is 0.692. The number of aryl methyl sites for hydroxylation is 1. The van der Waals surface area contributed by atoms with Crippen LogP contribution < -0.4 is 5.32 Å². The average Bonchev–Trinajstić information content (AvgIpc) is 2.42. The summed E-state index contributed by atoms with van der Waals surface area (Å²) >= 11 is 3.55. The summed E-state index contributed by atoms with van der Waals surface area (Å²) in [7, 11) is 0. The van der Waals surface area contributed by atoms with Gasteiger partial charge in [-0.3, -0.25) is 0 Å². The molecule has 0 radical (unpaired) electrons. The highest BCUT2D eigenvalue weighted by molar-refractivity contribution is 9.10. The highest BCUT2D eigenvalue weighted by Crippen LogP contribution is 2.17. The van der Waals surface area contributed by atoms with Crippen LogP contribution in [-0.2, 0) is 6.54 Å². The van der Waals surface area contributed by atoms with Gasteiger partial charge in [-0.05, 0) is 63.0 Å². The van der Waals surface area contributed by atoms with Gasteiger partial charge in [0.05, 0.1) is 0 Å². The summed E-state index contributed by atoms with van der Waals surface area (Å²) in [5, 5.41) is 3.71. The van der Waals surface area contributed by atoms with Gasteiger partial charge in [0.2, 0.25) is 0 Å². The van der Waals surface area contributed by atoms with Crippen molar-refractivity contribution in [1.29, 1.82) is 0 Å². The van der Waals surface area contributed by atoms with Gasteiger partial charge in [-0.1, -0.05) is 35.0 Å². The first-order valence-corrected chi connectivity index (χ1v) is 8.19. The van der Waals surface area contributed by atoms with E-state index in [0.29, 0.717) is 6.04 Å². The number of nitrogens with one attached hydrogen (secondary N) is 1. The van der Waals surface area contributed by atoms with Gasteiger partial charge in [0.25, 0.3) is 0 Å². The van der Waals surface area contributed by atoms with Crippen molar-refractivity contribution in [3.05, 3.63) is 33.8 Å². The van der Waals surface area contributed by atoms with Crippen LogP contribution in [0.1, 0.15) is 37.3 Å². The van der Waals surface area contributed by atoms with Crippen LogP contribution in [0.3, 0.4) is 0 Å². The molecule has 1 saturated heterocycles. The molecule has 3 heteroatoms. The van der Waals surface area contributed by atoms with Gasteiger partial charge in [-0.25, -0.2) is 0 Å². The highest BCUT2D eigenvalue weighted by Gasteiger charge is 2.17. The maximum atomic E-state index is 3.71. The van der Waals surface area contributed by atoms with Crippen LogP contribution in [0.15, 0.2) is 22.7 Å². The Morgan fingerprint density at radius 1 is 1.32 bits per heavy atom. The first kappa shape index (κ1) is 15.0. The van der Waals surface area contributed by atoms with Crippen LogP contribution in [-0.4, -0.2) is 30.6 Å². The van der Waals surface area contributed by atoms with Crippen molar-refractivity contribution in [3.8, 4) is 0 Å². The van der Waals surface area contributed by atoms with E-state index in [1.165, 1.54) is 54.5 Å². The van der Waals surface area contributed by atoms with Crippen molar-refractivity contribution in [2.75, 3.05) is 19.6 Å². The summed E-state index contributed by atoms with van der Waals surface area (Å²) in [6, 6.07) is 7.31. The first-order chi connectivity index (χ1) is 9.19. The lowest BCUT2D eigenvalue weighted by Crippen LogP contribution is -2.42. The van der Waals surface area contributed by atoms with Crippen molar-refractivity contribution in [2.45, 2.75) is 45.7 Å². The van der Waals surface area contributed by atoms with Crippen molar-refractivity contribution >= 4 is 15.9 Å². The maximum Gasteiger partial charge on any atom is 0.0208 e. The number of likely N-dealkylation sites (tertiary alicyclic amines) is 1. The second-order valence-electron chi connectivity index (χ2n) is 5.58. The standard InChI is InChI=1S/C16H25BrN2/c1-3-8-19-9-6-15(7-10-19)18-12-14-4-5-16(17)13(2)11-14/h4-5,11,15,18H,3,6-10,12H2,1-2H3.